The topological polar surface area (TPSA) is 103 Å². The highest BCUT2D eigenvalue weighted by Crippen LogP contribution is 2.32. The molecule has 5 rings (SSSR count). The summed E-state index contributed by atoms with van der Waals surface area (Å²) in [7, 11) is 1.55. The third kappa shape index (κ3) is 4.37. The zero-order valence-corrected chi connectivity index (χ0v) is 22.2. The summed E-state index contributed by atoms with van der Waals surface area (Å²) in [5, 5.41) is 5.79. The molecule has 2 aliphatic rings. The van der Waals surface area contributed by atoms with Gasteiger partial charge in [0, 0.05) is 0 Å². The summed E-state index contributed by atoms with van der Waals surface area (Å²) in [4.78, 5) is 45.2. The van der Waals surface area contributed by atoms with Crippen molar-refractivity contribution in [2.75, 3.05) is 18.7 Å². The van der Waals surface area contributed by atoms with Crippen LogP contribution in [-0.2, 0) is 14.3 Å². The van der Waals surface area contributed by atoms with Gasteiger partial charge in [-0.05, 0) is 56.7 Å². The van der Waals surface area contributed by atoms with E-state index in [0.717, 1.165) is 0 Å². The number of benzene rings is 2. The number of fused-ring (bicyclic) bond motifs is 1. The fourth-order valence-corrected chi connectivity index (χ4v) is 5.67. The van der Waals surface area contributed by atoms with E-state index in [1.54, 1.807) is 64.3 Å². The second-order valence-electron chi connectivity index (χ2n) is 8.81. The number of amides is 1. The van der Waals surface area contributed by atoms with Crippen molar-refractivity contribution in [2.24, 2.45) is 16.0 Å². The van der Waals surface area contributed by atoms with E-state index in [1.165, 1.54) is 20.9 Å². The molecule has 3 aromatic rings. The minimum absolute atomic E-state index is 0.186. The smallest absolute Gasteiger partial charge is 0.338 e. The number of para-hydroxylation sites is 1. The van der Waals surface area contributed by atoms with Crippen LogP contribution in [0.25, 0.3) is 6.08 Å². The number of anilines is 1. The Morgan fingerprint density at radius 2 is 1.87 bits per heavy atom. The molecule has 2 atom stereocenters. The van der Waals surface area contributed by atoms with Gasteiger partial charge in [0.05, 0.1) is 47.0 Å². The number of hydrogen-bond donors (Lipinski definition) is 0. The van der Waals surface area contributed by atoms with Gasteiger partial charge in [0.2, 0.25) is 0 Å². The number of aromatic nitrogens is 1. The van der Waals surface area contributed by atoms with Gasteiger partial charge in [0.25, 0.3) is 11.5 Å². The number of carbonyl (C=O) groups is 2. The lowest BCUT2D eigenvalue weighted by atomic mass is 9.95. The van der Waals surface area contributed by atoms with Crippen LogP contribution in [0.4, 0.5) is 5.69 Å². The minimum Gasteiger partial charge on any atom is -0.497 e. The summed E-state index contributed by atoms with van der Waals surface area (Å²) >= 11 is 1.17. The van der Waals surface area contributed by atoms with E-state index >= 15 is 0 Å². The number of methoxy groups -OCH3 is 1. The number of carbonyl (C=O) groups excluding carboxylic acids is 2. The lowest BCUT2D eigenvalue weighted by molar-refractivity contribution is -0.139. The predicted molar refractivity (Wildman–Crippen MR) is 145 cm³/mol. The maximum Gasteiger partial charge on any atom is 0.338 e. The van der Waals surface area contributed by atoms with Crippen LogP contribution < -0.4 is 24.6 Å². The molecule has 0 N–H and O–H groups in total. The molecule has 0 radical (unpaired) electrons. The van der Waals surface area contributed by atoms with Crippen molar-refractivity contribution in [2.45, 2.75) is 26.8 Å². The highest BCUT2D eigenvalue weighted by molar-refractivity contribution is 7.07. The second-order valence-corrected chi connectivity index (χ2v) is 9.81. The van der Waals surface area contributed by atoms with Gasteiger partial charge in [-0.1, -0.05) is 41.7 Å². The number of allylic oxidation sites excluding steroid dienone is 1. The monoisotopic (exact) mass is 530 g/mol. The molecule has 9 nitrogen and oxygen atoms in total. The molecule has 0 spiro atoms. The Morgan fingerprint density at radius 3 is 2.58 bits per heavy atom. The fraction of sp³-hybridized carbons (Fsp3) is 0.250. The van der Waals surface area contributed by atoms with Gasteiger partial charge in [-0.2, -0.15) is 10.1 Å². The number of nitrogens with zero attached hydrogens (tertiary/aromatic N) is 4. The molecule has 0 saturated heterocycles. The molecule has 38 heavy (non-hydrogen) atoms. The number of rotatable bonds is 6. The number of hydrazone groups is 1. The van der Waals surface area contributed by atoms with E-state index in [2.05, 4.69) is 10.1 Å². The SMILES string of the molecule is CCOC(=O)C1=C(C)N=c2s/c(=C/[C@H]3C(=O)N(c4ccccc4)N=C3C)c(=O)n2[C@H]1c1cccc(OC)c1. The summed E-state index contributed by atoms with van der Waals surface area (Å²) in [6.45, 7) is 5.41. The Balaban J connectivity index is 1.64. The zero-order valence-electron chi connectivity index (χ0n) is 21.4. The van der Waals surface area contributed by atoms with E-state index < -0.39 is 17.9 Å². The molecule has 0 fully saturated rings. The average molecular weight is 531 g/mol. The molecular formula is C28H26N4O5S. The molecule has 2 aliphatic heterocycles. The molecule has 1 amide bonds. The normalized spacial score (nSPS) is 19.3. The lowest BCUT2D eigenvalue weighted by Crippen LogP contribution is -2.40. The van der Waals surface area contributed by atoms with E-state index in [-0.39, 0.29) is 23.6 Å². The summed E-state index contributed by atoms with van der Waals surface area (Å²) in [5.74, 6) is -0.889. The number of esters is 1. The Hall–Kier alpha value is -4.31. The second kappa shape index (κ2) is 10.2. The van der Waals surface area contributed by atoms with Crippen LogP contribution >= 0.6 is 11.3 Å². The first-order chi connectivity index (χ1) is 18.3. The highest BCUT2D eigenvalue weighted by atomic mass is 32.1. The summed E-state index contributed by atoms with van der Waals surface area (Å²) < 4.78 is 12.6. The van der Waals surface area contributed by atoms with Crippen molar-refractivity contribution in [1.29, 1.82) is 0 Å². The molecule has 194 valence electrons. The number of hydrogen-bond acceptors (Lipinski definition) is 8. The molecule has 0 saturated carbocycles. The molecule has 0 bridgehead atoms. The molecular weight excluding hydrogens is 504 g/mol. The summed E-state index contributed by atoms with van der Waals surface area (Å²) in [5.41, 5.74) is 2.31. The average Bonchev–Trinajstić information content (AvgIpc) is 3.38. The van der Waals surface area contributed by atoms with Crippen LogP contribution in [0, 0.1) is 5.92 Å². The maximum atomic E-state index is 13.8. The van der Waals surface area contributed by atoms with E-state index in [0.29, 0.717) is 37.7 Å². The van der Waals surface area contributed by atoms with Crippen LogP contribution in [0.5, 0.6) is 5.75 Å². The third-order valence-electron chi connectivity index (χ3n) is 6.43. The van der Waals surface area contributed by atoms with Crippen molar-refractivity contribution in [3.8, 4) is 5.75 Å². The van der Waals surface area contributed by atoms with Gasteiger partial charge < -0.3 is 9.47 Å². The van der Waals surface area contributed by atoms with Gasteiger partial charge in [-0.25, -0.2) is 9.79 Å². The van der Waals surface area contributed by atoms with Crippen molar-refractivity contribution in [1.82, 2.24) is 4.57 Å². The van der Waals surface area contributed by atoms with Crippen molar-refractivity contribution < 1.29 is 19.1 Å². The first kappa shape index (κ1) is 25.3. The summed E-state index contributed by atoms with van der Waals surface area (Å²) in [6.07, 6.45) is 1.64. The van der Waals surface area contributed by atoms with E-state index in [9.17, 15) is 14.4 Å². The van der Waals surface area contributed by atoms with E-state index in [1.807, 2.05) is 24.3 Å². The Kier molecular flexibility index (Phi) is 6.81. The predicted octanol–water partition coefficient (Wildman–Crippen LogP) is 2.80. The Morgan fingerprint density at radius 1 is 1.11 bits per heavy atom. The minimum atomic E-state index is -0.766. The highest BCUT2D eigenvalue weighted by Gasteiger charge is 2.35. The molecule has 0 aliphatic carbocycles. The van der Waals surface area contributed by atoms with Gasteiger partial charge in [0.1, 0.15) is 11.7 Å². The van der Waals surface area contributed by atoms with Crippen LogP contribution in [0.2, 0.25) is 0 Å². The molecule has 0 unspecified atom stereocenters. The Bertz CT molecular complexity index is 1670. The van der Waals surface area contributed by atoms with Crippen LogP contribution in [0.1, 0.15) is 32.4 Å². The number of thiazole rings is 1. The van der Waals surface area contributed by atoms with Gasteiger partial charge in [0.15, 0.2) is 4.80 Å². The van der Waals surface area contributed by atoms with Crippen LogP contribution in [-0.4, -0.2) is 35.9 Å². The fourth-order valence-electron chi connectivity index (χ4n) is 4.61. The maximum absolute atomic E-state index is 13.8. The van der Waals surface area contributed by atoms with Gasteiger partial charge in [-0.15, -0.1) is 0 Å². The first-order valence-corrected chi connectivity index (χ1v) is 12.9. The van der Waals surface area contributed by atoms with Crippen molar-refractivity contribution in [3.63, 3.8) is 0 Å². The lowest BCUT2D eigenvalue weighted by Gasteiger charge is -2.25. The number of ether oxygens (including phenoxy) is 2. The molecule has 10 heteroatoms. The standard InChI is InChI=1S/C28H26N4O5S/c1-5-37-27(35)23-17(3)29-28-31(24(23)18-10-9-13-20(14-18)36-4)26(34)22(38-28)15-21-16(2)30-32(25(21)33)19-11-7-6-8-12-19/h6-15,21,24H,5H2,1-4H3/b22-15+/t21-,24+/m1/s1. The van der Waals surface area contributed by atoms with Crippen LogP contribution in [0.15, 0.2) is 80.8 Å². The molecule has 1 aromatic heterocycles. The largest absolute Gasteiger partial charge is 0.497 e. The quantitative estimate of drug-likeness (QED) is 0.456. The summed E-state index contributed by atoms with van der Waals surface area (Å²) in [6, 6.07) is 15.6. The van der Waals surface area contributed by atoms with Crippen molar-refractivity contribution >= 4 is 40.7 Å². The first-order valence-electron chi connectivity index (χ1n) is 12.1. The van der Waals surface area contributed by atoms with Gasteiger partial charge in [-0.3, -0.25) is 14.2 Å². The van der Waals surface area contributed by atoms with Gasteiger partial charge >= 0.3 is 5.97 Å². The Labute approximate surface area is 222 Å². The van der Waals surface area contributed by atoms with Crippen molar-refractivity contribution in [3.05, 3.63) is 91.1 Å². The van der Waals surface area contributed by atoms with Crippen LogP contribution in [0.3, 0.4) is 0 Å². The molecule has 2 aromatic carbocycles. The molecule has 3 heterocycles. The third-order valence-corrected chi connectivity index (χ3v) is 7.43. The zero-order chi connectivity index (χ0) is 27.0. The van der Waals surface area contributed by atoms with E-state index in [4.69, 9.17) is 9.47 Å².